The molecule has 19 heavy (non-hydrogen) atoms. The number of carboxylic acid groups (broad SMARTS) is 1. The molecular formula is C13H9BrN2O2S. The second-order valence-electron chi connectivity index (χ2n) is 4.00. The molecule has 0 amide bonds. The zero-order valence-electron chi connectivity index (χ0n) is 9.71. The highest BCUT2D eigenvalue weighted by Crippen LogP contribution is 2.34. The van der Waals surface area contributed by atoms with Crippen molar-refractivity contribution >= 4 is 44.3 Å². The van der Waals surface area contributed by atoms with E-state index in [9.17, 15) is 4.79 Å². The summed E-state index contributed by atoms with van der Waals surface area (Å²) in [5, 5.41) is 11.0. The standard InChI is InChI=1S/C13H9BrN2O2S/c14-8-5-6-19-12(8)13-15-9-3-1-2-4-10(9)16(13)7-11(17)18/h1-6H,7H2,(H,17,18). The lowest BCUT2D eigenvalue weighted by Gasteiger charge is -2.05. The zero-order valence-corrected chi connectivity index (χ0v) is 12.1. The van der Waals surface area contributed by atoms with Gasteiger partial charge in [-0.05, 0) is 39.5 Å². The van der Waals surface area contributed by atoms with Gasteiger partial charge < -0.3 is 9.67 Å². The molecule has 2 heterocycles. The third kappa shape index (κ3) is 2.17. The molecule has 0 radical (unpaired) electrons. The van der Waals surface area contributed by atoms with Crippen LogP contribution in [0.5, 0.6) is 0 Å². The van der Waals surface area contributed by atoms with Crippen molar-refractivity contribution in [2.24, 2.45) is 0 Å². The number of carbonyl (C=O) groups is 1. The van der Waals surface area contributed by atoms with Crippen LogP contribution in [0.15, 0.2) is 40.2 Å². The summed E-state index contributed by atoms with van der Waals surface area (Å²) in [6.07, 6.45) is 0. The Balaban J connectivity index is 2.28. The van der Waals surface area contributed by atoms with E-state index in [1.54, 1.807) is 4.57 Å². The van der Waals surface area contributed by atoms with Crippen molar-refractivity contribution < 1.29 is 9.90 Å². The minimum atomic E-state index is -0.878. The molecule has 0 fully saturated rings. The first-order valence-corrected chi connectivity index (χ1v) is 7.24. The van der Waals surface area contributed by atoms with E-state index in [2.05, 4.69) is 20.9 Å². The van der Waals surface area contributed by atoms with Crippen molar-refractivity contribution in [3.63, 3.8) is 0 Å². The highest BCUT2D eigenvalue weighted by molar-refractivity contribution is 9.10. The largest absolute Gasteiger partial charge is 0.480 e. The van der Waals surface area contributed by atoms with Crippen molar-refractivity contribution in [2.75, 3.05) is 0 Å². The van der Waals surface area contributed by atoms with E-state index in [0.29, 0.717) is 5.82 Å². The molecule has 0 saturated heterocycles. The van der Waals surface area contributed by atoms with Gasteiger partial charge in [-0.1, -0.05) is 12.1 Å². The van der Waals surface area contributed by atoms with Gasteiger partial charge in [0, 0.05) is 4.47 Å². The Labute approximate surface area is 121 Å². The SMILES string of the molecule is O=C(O)Cn1c(-c2sccc2Br)nc2ccccc21. The summed E-state index contributed by atoms with van der Waals surface area (Å²) >= 11 is 5.01. The number of carboxylic acids is 1. The molecular weight excluding hydrogens is 328 g/mol. The molecule has 0 aliphatic rings. The highest BCUT2D eigenvalue weighted by Gasteiger charge is 2.17. The first-order valence-electron chi connectivity index (χ1n) is 5.57. The maximum absolute atomic E-state index is 11.1. The predicted octanol–water partition coefficient (Wildman–Crippen LogP) is 3.61. The van der Waals surface area contributed by atoms with Crippen LogP contribution in [0.25, 0.3) is 21.7 Å². The number of imidazole rings is 1. The molecule has 3 rings (SSSR count). The fraction of sp³-hybridized carbons (Fsp3) is 0.0769. The Kier molecular flexibility index (Phi) is 3.12. The van der Waals surface area contributed by atoms with Gasteiger partial charge in [-0.2, -0.15) is 0 Å². The average molecular weight is 337 g/mol. The van der Waals surface area contributed by atoms with Gasteiger partial charge in [0.25, 0.3) is 0 Å². The van der Waals surface area contributed by atoms with E-state index in [4.69, 9.17) is 5.11 Å². The van der Waals surface area contributed by atoms with Gasteiger partial charge in [-0.15, -0.1) is 11.3 Å². The minimum Gasteiger partial charge on any atom is -0.480 e. The third-order valence-corrected chi connectivity index (χ3v) is 4.60. The first kappa shape index (κ1) is 12.4. The number of hydrogen-bond donors (Lipinski definition) is 1. The van der Waals surface area contributed by atoms with Crippen LogP contribution < -0.4 is 0 Å². The Hall–Kier alpha value is -1.66. The lowest BCUT2D eigenvalue weighted by Crippen LogP contribution is -2.09. The van der Waals surface area contributed by atoms with Gasteiger partial charge in [0.2, 0.25) is 0 Å². The Morgan fingerprint density at radius 2 is 2.16 bits per heavy atom. The fourth-order valence-electron chi connectivity index (χ4n) is 2.00. The summed E-state index contributed by atoms with van der Waals surface area (Å²) in [6, 6.07) is 9.49. The minimum absolute atomic E-state index is 0.0970. The molecule has 0 bridgehead atoms. The molecule has 1 aromatic carbocycles. The van der Waals surface area contributed by atoms with E-state index < -0.39 is 5.97 Å². The van der Waals surface area contributed by atoms with E-state index in [1.165, 1.54) is 11.3 Å². The summed E-state index contributed by atoms with van der Waals surface area (Å²) in [5.74, 6) is -0.192. The fourth-order valence-corrected chi connectivity index (χ4v) is 3.54. The number of benzene rings is 1. The highest BCUT2D eigenvalue weighted by atomic mass is 79.9. The smallest absolute Gasteiger partial charge is 0.323 e. The van der Waals surface area contributed by atoms with Crippen LogP contribution in [-0.4, -0.2) is 20.6 Å². The van der Waals surface area contributed by atoms with Gasteiger partial charge in [0.05, 0.1) is 15.9 Å². The number of para-hydroxylation sites is 2. The normalized spacial score (nSPS) is 11.0. The number of thiophene rings is 1. The van der Waals surface area contributed by atoms with Crippen LogP contribution in [0, 0.1) is 0 Å². The lowest BCUT2D eigenvalue weighted by atomic mass is 10.3. The predicted molar refractivity (Wildman–Crippen MR) is 78.4 cm³/mol. The van der Waals surface area contributed by atoms with Gasteiger partial charge >= 0.3 is 5.97 Å². The molecule has 0 saturated carbocycles. The number of halogens is 1. The number of rotatable bonds is 3. The second kappa shape index (κ2) is 4.79. The summed E-state index contributed by atoms with van der Waals surface area (Å²) in [4.78, 5) is 16.6. The number of aliphatic carboxylic acids is 1. The Morgan fingerprint density at radius 3 is 2.84 bits per heavy atom. The molecule has 0 atom stereocenters. The summed E-state index contributed by atoms with van der Waals surface area (Å²) in [7, 11) is 0. The van der Waals surface area contributed by atoms with Crippen molar-refractivity contribution in [1.82, 2.24) is 9.55 Å². The van der Waals surface area contributed by atoms with Crippen molar-refractivity contribution in [3.8, 4) is 10.7 Å². The number of fused-ring (bicyclic) bond motifs is 1. The molecule has 2 aromatic heterocycles. The van der Waals surface area contributed by atoms with Crippen LogP contribution in [0.3, 0.4) is 0 Å². The molecule has 0 unspecified atom stereocenters. The van der Waals surface area contributed by atoms with Crippen molar-refractivity contribution in [3.05, 3.63) is 40.2 Å². The van der Waals surface area contributed by atoms with E-state index in [1.807, 2.05) is 35.7 Å². The number of nitrogens with zero attached hydrogens (tertiary/aromatic N) is 2. The van der Waals surface area contributed by atoms with Crippen molar-refractivity contribution in [1.29, 1.82) is 0 Å². The van der Waals surface area contributed by atoms with Gasteiger partial charge in [-0.3, -0.25) is 4.79 Å². The zero-order chi connectivity index (χ0) is 13.4. The van der Waals surface area contributed by atoms with Crippen LogP contribution >= 0.6 is 27.3 Å². The molecule has 3 aromatic rings. The maximum atomic E-state index is 11.1. The number of aromatic nitrogens is 2. The quantitative estimate of drug-likeness (QED) is 0.794. The summed E-state index contributed by atoms with van der Waals surface area (Å²) in [6.45, 7) is -0.0970. The van der Waals surface area contributed by atoms with Crippen LogP contribution in [0.4, 0.5) is 0 Å². The monoisotopic (exact) mass is 336 g/mol. The molecule has 1 N–H and O–H groups in total. The van der Waals surface area contributed by atoms with Crippen LogP contribution in [-0.2, 0) is 11.3 Å². The van der Waals surface area contributed by atoms with Crippen molar-refractivity contribution in [2.45, 2.75) is 6.54 Å². The van der Waals surface area contributed by atoms with Gasteiger partial charge in [0.1, 0.15) is 6.54 Å². The summed E-state index contributed by atoms with van der Waals surface area (Å²) in [5.41, 5.74) is 1.64. The molecule has 0 spiro atoms. The van der Waals surface area contributed by atoms with Crippen LogP contribution in [0.1, 0.15) is 0 Å². The first-order chi connectivity index (χ1) is 9.16. The van der Waals surface area contributed by atoms with Gasteiger partial charge in [0.15, 0.2) is 5.82 Å². The van der Waals surface area contributed by atoms with Gasteiger partial charge in [-0.25, -0.2) is 4.98 Å². The van der Waals surface area contributed by atoms with E-state index >= 15 is 0 Å². The molecule has 6 heteroatoms. The molecule has 4 nitrogen and oxygen atoms in total. The molecule has 96 valence electrons. The Morgan fingerprint density at radius 1 is 1.37 bits per heavy atom. The van der Waals surface area contributed by atoms with E-state index in [-0.39, 0.29) is 6.54 Å². The van der Waals surface area contributed by atoms with E-state index in [0.717, 1.165) is 20.4 Å². The summed E-state index contributed by atoms with van der Waals surface area (Å²) < 4.78 is 2.66. The third-order valence-electron chi connectivity index (χ3n) is 2.77. The topological polar surface area (TPSA) is 55.1 Å². The average Bonchev–Trinajstić information content (AvgIpc) is 2.93. The molecule has 0 aliphatic carbocycles. The number of hydrogen-bond acceptors (Lipinski definition) is 3. The Bertz CT molecular complexity index is 763. The lowest BCUT2D eigenvalue weighted by molar-refractivity contribution is -0.137. The van der Waals surface area contributed by atoms with Crippen LogP contribution in [0.2, 0.25) is 0 Å². The second-order valence-corrected chi connectivity index (χ2v) is 5.77. The molecule has 0 aliphatic heterocycles. The maximum Gasteiger partial charge on any atom is 0.323 e.